The van der Waals surface area contributed by atoms with Crippen molar-refractivity contribution in [3.63, 3.8) is 0 Å². The molecule has 4 heteroatoms. The Labute approximate surface area is 101 Å². The summed E-state index contributed by atoms with van der Waals surface area (Å²) in [5, 5.41) is 3.97. The molecule has 3 nitrogen and oxygen atoms in total. The van der Waals surface area contributed by atoms with Crippen molar-refractivity contribution in [2.45, 2.75) is 25.8 Å². The maximum Gasteiger partial charge on any atom is 0.152 e. The lowest BCUT2D eigenvalue weighted by atomic mass is 10.2. The first-order chi connectivity index (χ1) is 7.70. The molecule has 0 radical (unpaired) electrons. The van der Waals surface area contributed by atoms with Gasteiger partial charge in [0.15, 0.2) is 5.15 Å². The lowest BCUT2D eigenvalue weighted by Gasteiger charge is -2.19. The summed E-state index contributed by atoms with van der Waals surface area (Å²) in [6, 6.07) is 2.38. The van der Waals surface area contributed by atoms with Gasteiger partial charge in [-0.05, 0) is 37.3 Å². The van der Waals surface area contributed by atoms with Crippen LogP contribution in [0.1, 0.15) is 18.4 Å². The Bertz CT molecular complexity index is 366. The SMILES string of the molecule is COCC(Nc1cc(C)cnc1Cl)C1CC1. The number of hydrogen-bond donors (Lipinski definition) is 1. The summed E-state index contributed by atoms with van der Waals surface area (Å²) in [5.41, 5.74) is 2.02. The van der Waals surface area contributed by atoms with Gasteiger partial charge in [0.2, 0.25) is 0 Å². The van der Waals surface area contributed by atoms with E-state index in [0.29, 0.717) is 11.2 Å². The Kier molecular flexibility index (Phi) is 3.66. The van der Waals surface area contributed by atoms with Gasteiger partial charge in [-0.1, -0.05) is 11.6 Å². The van der Waals surface area contributed by atoms with Crippen LogP contribution in [0.15, 0.2) is 12.3 Å². The molecule has 0 saturated heterocycles. The fraction of sp³-hybridized carbons (Fsp3) is 0.583. The van der Waals surface area contributed by atoms with E-state index in [4.69, 9.17) is 16.3 Å². The van der Waals surface area contributed by atoms with Crippen molar-refractivity contribution in [1.82, 2.24) is 4.98 Å². The second-order valence-corrected chi connectivity index (χ2v) is 4.75. The summed E-state index contributed by atoms with van der Waals surface area (Å²) in [6.07, 6.45) is 4.33. The van der Waals surface area contributed by atoms with Crippen molar-refractivity contribution in [3.8, 4) is 0 Å². The van der Waals surface area contributed by atoms with E-state index < -0.39 is 0 Å². The van der Waals surface area contributed by atoms with E-state index in [9.17, 15) is 0 Å². The second kappa shape index (κ2) is 5.02. The van der Waals surface area contributed by atoms with E-state index in [1.807, 2.05) is 13.0 Å². The predicted octanol–water partition coefficient (Wildman–Crippen LogP) is 2.88. The van der Waals surface area contributed by atoms with Gasteiger partial charge >= 0.3 is 0 Å². The van der Waals surface area contributed by atoms with Crippen molar-refractivity contribution in [3.05, 3.63) is 23.0 Å². The lowest BCUT2D eigenvalue weighted by Crippen LogP contribution is -2.27. The average molecular weight is 241 g/mol. The van der Waals surface area contributed by atoms with Gasteiger partial charge in [0, 0.05) is 13.3 Å². The van der Waals surface area contributed by atoms with Crippen LogP contribution in [-0.4, -0.2) is 24.7 Å². The molecule has 0 aromatic carbocycles. The summed E-state index contributed by atoms with van der Waals surface area (Å²) < 4.78 is 5.22. The molecule has 2 rings (SSSR count). The molecule has 16 heavy (non-hydrogen) atoms. The number of ether oxygens (including phenoxy) is 1. The van der Waals surface area contributed by atoms with Crippen molar-refractivity contribution in [1.29, 1.82) is 0 Å². The molecule has 1 heterocycles. The van der Waals surface area contributed by atoms with Gasteiger partial charge in [-0.25, -0.2) is 4.98 Å². The van der Waals surface area contributed by atoms with Gasteiger partial charge in [0.1, 0.15) is 0 Å². The molecule has 1 fully saturated rings. The van der Waals surface area contributed by atoms with Crippen molar-refractivity contribution in [2.75, 3.05) is 19.0 Å². The van der Waals surface area contributed by atoms with Crippen LogP contribution < -0.4 is 5.32 Å². The minimum Gasteiger partial charge on any atom is -0.383 e. The molecule has 88 valence electrons. The van der Waals surface area contributed by atoms with E-state index >= 15 is 0 Å². The molecule has 1 atom stereocenters. The Morgan fingerprint density at radius 1 is 1.62 bits per heavy atom. The van der Waals surface area contributed by atoms with E-state index in [1.54, 1.807) is 13.3 Å². The van der Waals surface area contributed by atoms with E-state index in [0.717, 1.165) is 23.8 Å². The van der Waals surface area contributed by atoms with Crippen LogP contribution in [-0.2, 0) is 4.74 Å². The first-order valence-electron chi connectivity index (χ1n) is 5.58. The van der Waals surface area contributed by atoms with E-state index in [-0.39, 0.29) is 0 Å². The third-order valence-electron chi connectivity index (χ3n) is 2.85. The summed E-state index contributed by atoms with van der Waals surface area (Å²) in [7, 11) is 1.73. The van der Waals surface area contributed by atoms with Crippen LogP contribution in [0, 0.1) is 12.8 Å². The first-order valence-corrected chi connectivity index (χ1v) is 5.96. The van der Waals surface area contributed by atoms with Gasteiger partial charge in [0.25, 0.3) is 0 Å². The number of halogens is 1. The number of pyridine rings is 1. The maximum absolute atomic E-state index is 6.05. The van der Waals surface area contributed by atoms with Gasteiger partial charge in [0.05, 0.1) is 18.3 Å². The van der Waals surface area contributed by atoms with Crippen LogP contribution >= 0.6 is 11.6 Å². The molecule has 0 aliphatic heterocycles. The molecule has 1 aliphatic carbocycles. The summed E-state index contributed by atoms with van der Waals surface area (Å²) >= 11 is 6.05. The molecule has 1 saturated carbocycles. The largest absolute Gasteiger partial charge is 0.383 e. The van der Waals surface area contributed by atoms with Gasteiger partial charge in [-0.15, -0.1) is 0 Å². The minimum absolute atomic E-state index is 0.353. The standard InChI is InChI=1S/C12H17ClN2O/c1-8-5-10(12(13)14-6-8)15-11(7-16-2)9-3-4-9/h5-6,9,11,15H,3-4,7H2,1-2H3. The normalized spacial score (nSPS) is 17.2. The number of methoxy groups -OCH3 is 1. The summed E-state index contributed by atoms with van der Waals surface area (Å²) in [4.78, 5) is 4.13. The summed E-state index contributed by atoms with van der Waals surface area (Å²) in [6.45, 7) is 2.73. The Hall–Kier alpha value is -0.800. The zero-order valence-corrected chi connectivity index (χ0v) is 10.4. The minimum atomic E-state index is 0.353. The highest BCUT2D eigenvalue weighted by atomic mass is 35.5. The topological polar surface area (TPSA) is 34.1 Å². The van der Waals surface area contributed by atoms with Gasteiger partial charge in [-0.2, -0.15) is 0 Å². The zero-order valence-electron chi connectivity index (χ0n) is 9.66. The first kappa shape index (κ1) is 11.7. The Balaban J connectivity index is 2.08. The molecule has 0 bridgehead atoms. The molecule has 1 aromatic rings. The molecule has 1 aromatic heterocycles. The lowest BCUT2D eigenvalue weighted by molar-refractivity contribution is 0.179. The highest BCUT2D eigenvalue weighted by Gasteiger charge is 2.31. The van der Waals surface area contributed by atoms with E-state index in [1.165, 1.54) is 12.8 Å². The van der Waals surface area contributed by atoms with Crippen LogP contribution in [0.5, 0.6) is 0 Å². The number of aryl methyl sites for hydroxylation is 1. The van der Waals surface area contributed by atoms with Crippen molar-refractivity contribution >= 4 is 17.3 Å². The molecule has 1 N–H and O–H groups in total. The number of aromatic nitrogens is 1. The molecule has 1 unspecified atom stereocenters. The number of anilines is 1. The molecule has 0 amide bonds. The Morgan fingerprint density at radius 3 is 3.00 bits per heavy atom. The van der Waals surface area contributed by atoms with E-state index in [2.05, 4.69) is 10.3 Å². The smallest absolute Gasteiger partial charge is 0.152 e. The van der Waals surface area contributed by atoms with Gasteiger partial charge < -0.3 is 10.1 Å². The third-order valence-corrected chi connectivity index (χ3v) is 3.16. The van der Waals surface area contributed by atoms with Crippen LogP contribution in [0.4, 0.5) is 5.69 Å². The van der Waals surface area contributed by atoms with Gasteiger partial charge in [-0.3, -0.25) is 0 Å². The second-order valence-electron chi connectivity index (χ2n) is 4.39. The fourth-order valence-electron chi connectivity index (χ4n) is 1.83. The molecular weight excluding hydrogens is 224 g/mol. The zero-order chi connectivity index (χ0) is 11.5. The Morgan fingerprint density at radius 2 is 2.38 bits per heavy atom. The highest BCUT2D eigenvalue weighted by Crippen LogP contribution is 2.35. The molecule has 0 spiro atoms. The van der Waals surface area contributed by atoms with Crippen molar-refractivity contribution in [2.24, 2.45) is 5.92 Å². The van der Waals surface area contributed by atoms with Crippen molar-refractivity contribution < 1.29 is 4.74 Å². The molecule has 1 aliphatic rings. The monoisotopic (exact) mass is 240 g/mol. The quantitative estimate of drug-likeness (QED) is 0.804. The summed E-state index contributed by atoms with van der Waals surface area (Å²) in [5.74, 6) is 0.719. The maximum atomic E-state index is 6.05. The van der Waals surface area contributed by atoms with Crippen LogP contribution in [0.3, 0.4) is 0 Å². The molecular formula is C12H17ClN2O. The number of nitrogens with zero attached hydrogens (tertiary/aromatic N) is 1. The average Bonchev–Trinajstić information content (AvgIpc) is 3.06. The highest BCUT2D eigenvalue weighted by molar-refractivity contribution is 6.31. The number of rotatable bonds is 5. The van der Waals surface area contributed by atoms with Crippen LogP contribution in [0.25, 0.3) is 0 Å². The third kappa shape index (κ3) is 2.86. The predicted molar refractivity (Wildman–Crippen MR) is 66.0 cm³/mol. The fourth-order valence-corrected chi connectivity index (χ4v) is 1.99. The number of nitrogens with one attached hydrogen (secondary N) is 1. The van der Waals surface area contributed by atoms with Crippen LogP contribution in [0.2, 0.25) is 5.15 Å². The number of hydrogen-bond acceptors (Lipinski definition) is 3.